The highest BCUT2D eigenvalue weighted by molar-refractivity contribution is 5.39. The second-order valence-corrected chi connectivity index (χ2v) is 5.50. The molecule has 2 aromatic rings. The first-order chi connectivity index (χ1) is 9.06. The van der Waals surface area contributed by atoms with E-state index in [2.05, 4.69) is 9.88 Å². The average molecular weight is 263 g/mol. The van der Waals surface area contributed by atoms with Gasteiger partial charge in [-0.3, -0.25) is 4.90 Å². The van der Waals surface area contributed by atoms with Gasteiger partial charge in [-0.25, -0.2) is 4.98 Å². The minimum atomic E-state index is -0.478. The molecule has 5 nitrogen and oxygen atoms in total. The van der Waals surface area contributed by atoms with E-state index in [-0.39, 0.29) is 13.2 Å². The molecular weight excluding hydrogens is 242 g/mol. The molecule has 0 unspecified atom stereocenters. The Morgan fingerprint density at radius 1 is 1.32 bits per heavy atom. The number of pyridine rings is 1. The van der Waals surface area contributed by atoms with E-state index in [0.717, 1.165) is 11.3 Å². The summed E-state index contributed by atoms with van der Waals surface area (Å²) >= 11 is 0. The molecule has 0 aliphatic carbocycles. The Kier molecular flexibility index (Phi) is 4.19. The molecule has 0 atom stereocenters. The van der Waals surface area contributed by atoms with E-state index in [1.54, 1.807) is 0 Å². The third kappa shape index (κ3) is 3.32. The van der Waals surface area contributed by atoms with Crippen LogP contribution in [0.25, 0.3) is 5.65 Å². The normalized spacial score (nSPS) is 12.5. The molecule has 0 radical (unpaired) electrons. The first-order valence-electron chi connectivity index (χ1n) is 6.39. The highest BCUT2D eigenvalue weighted by atomic mass is 16.3. The molecule has 2 heterocycles. The number of aromatic nitrogens is 2. The number of hydrogen-bond donors (Lipinski definition) is 2. The van der Waals surface area contributed by atoms with Crippen molar-refractivity contribution in [1.29, 1.82) is 0 Å². The molecule has 19 heavy (non-hydrogen) atoms. The van der Waals surface area contributed by atoms with Gasteiger partial charge in [0.1, 0.15) is 5.65 Å². The molecule has 104 valence electrons. The molecule has 0 aliphatic rings. The van der Waals surface area contributed by atoms with Crippen molar-refractivity contribution in [3.63, 3.8) is 0 Å². The van der Waals surface area contributed by atoms with Gasteiger partial charge in [0.05, 0.1) is 18.9 Å². The minimum Gasteiger partial charge on any atom is -0.396 e. The van der Waals surface area contributed by atoms with Crippen LogP contribution in [-0.2, 0) is 6.54 Å². The lowest BCUT2D eigenvalue weighted by Crippen LogP contribution is -2.38. The van der Waals surface area contributed by atoms with Crippen LogP contribution in [0.5, 0.6) is 0 Å². The van der Waals surface area contributed by atoms with Gasteiger partial charge in [0.15, 0.2) is 0 Å². The minimum absolute atomic E-state index is 0.0288. The van der Waals surface area contributed by atoms with Crippen molar-refractivity contribution in [3.05, 3.63) is 36.3 Å². The Bertz CT molecular complexity index is 501. The van der Waals surface area contributed by atoms with E-state index in [0.29, 0.717) is 13.1 Å². The Hall–Kier alpha value is -1.43. The molecule has 0 amide bonds. The van der Waals surface area contributed by atoms with Gasteiger partial charge in [0.2, 0.25) is 0 Å². The second kappa shape index (κ2) is 5.69. The number of aliphatic hydroxyl groups excluding tert-OH is 2. The van der Waals surface area contributed by atoms with Gasteiger partial charge < -0.3 is 14.6 Å². The van der Waals surface area contributed by atoms with Gasteiger partial charge in [-0.05, 0) is 19.2 Å². The summed E-state index contributed by atoms with van der Waals surface area (Å²) in [5.41, 5.74) is 1.43. The van der Waals surface area contributed by atoms with Crippen LogP contribution in [-0.4, -0.2) is 51.3 Å². The number of rotatable bonds is 6. The maximum Gasteiger partial charge on any atom is 0.137 e. The van der Waals surface area contributed by atoms with E-state index in [9.17, 15) is 10.2 Å². The smallest absolute Gasteiger partial charge is 0.137 e. The van der Waals surface area contributed by atoms with Crippen LogP contribution < -0.4 is 0 Å². The van der Waals surface area contributed by atoms with Gasteiger partial charge in [0.25, 0.3) is 0 Å². The fraction of sp³-hybridized carbons (Fsp3) is 0.500. The molecule has 0 bridgehead atoms. The summed E-state index contributed by atoms with van der Waals surface area (Å²) in [5, 5.41) is 18.6. The summed E-state index contributed by atoms with van der Waals surface area (Å²) in [4.78, 5) is 6.59. The number of hydrogen-bond acceptors (Lipinski definition) is 4. The predicted octanol–water partition coefficient (Wildman–Crippen LogP) is 0.757. The highest BCUT2D eigenvalue weighted by Gasteiger charge is 2.24. The molecule has 2 aromatic heterocycles. The van der Waals surface area contributed by atoms with Crippen LogP contribution in [0, 0.1) is 5.41 Å². The SMILES string of the molecule is CN(Cc1cn2ccccc2n1)CC(C)(CO)CO. The summed E-state index contributed by atoms with van der Waals surface area (Å²) in [6.07, 6.45) is 3.97. The van der Waals surface area contributed by atoms with Gasteiger partial charge in [-0.15, -0.1) is 0 Å². The molecule has 5 heteroatoms. The van der Waals surface area contributed by atoms with E-state index in [1.165, 1.54) is 0 Å². The molecule has 2 N–H and O–H groups in total. The third-order valence-electron chi connectivity index (χ3n) is 3.26. The summed E-state index contributed by atoms with van der Waals surface area (Å²) in [7, 11) is 1.97. The zero-order chi connectivity index (χ0) is 13.9. The molecule has 0 fully saturated rings. The topological polar surface area (TPSA) is 61.0 Å². The Balaban J connectivity index is 2.04. The Labute approximate surface area is 113 Å². The van der Waals surface area contributed by atoms with E-state index >= 15 is 0 Å². The molecule has 0 spiro atoms. The van der Waals surface area contributed by atoms with Gasteiger partial charge in [-0.2, -0.15) is 0 Å². The van der Waals surface area contributed by atoms with Gasteiger partial charge in [0, 0.05) is 30.9 Å². The number of nitrogens with zero attached hydrogens (tertiary/aromatic N) is 3. The van der Waals surface area contributed by atoms with Crippen molar-refractivity contribution in [1.82, 2.24) is 14.3 Å². The molecule has 0 saturated heterocycles. The number of fused-ring (bicyclic) bond motifs is 1. The quantitative estimate of drug-likeness (QED) is 0.807. The standard InChI is InChI=1S/C14H21N3O2/c1-14(10-18,11-19)9-16(2)7-12-8-17-6-4-3-5-13(17)15-12/h3-6,8,18-19H,7,9-11H2,1-2H3. The third-order valence-corrected chi connectivity index (χ3v) is 3.26. The molecule has 0 aliphatic heterocycles. The van der Waals surface area contributed by atoms with Crippen molar-refractivity contribution in [2.45, 2.75) is 13.5 Å². The van der Waals surface area contributed by atoms with Crippen molar-refractivity contribution >= 4 is 5.65 Å². The van der Waals surface area contributed by atoms with Gasteiger partial charge >= 0.3 is 0 Å². The van der Waals surface area contributed by atoms with Crippen LogP contribution >= 0.6 is 0 Å². The summed E-state index contributed by atoms with van der Waals surface area (Å²) in [5.74, 6) is 0. The fourth-order valence-electron chi connectivity index (χ4n) is 2.20. The van der Waals surface area contributed by atoms with Crippen LogP contribution in [0.2, 0.25) is 0 Å². The lowest BCUT2D eigenvalue weighted by Gasteiger charge is -2.29. The first kappa shape index (κ1) is 14.0. The largest absolute Gasteiger partial charge is 0.396 e. The highest BCUT2D eigenvalue weighted by Crippen LogP contribution is 2.17. The number of imidazole rings is 1. The molecule has 2 rings (SSSR count). The number of aliphatic hydroxyl groups is 2. The summed E-state index contributed by atoms with van der Waals surface area (Å²) < 4.78 is 1.99. The van der Waals surface area contributed by atoms with E-state index in [4.69, 9.17) is 0 Å². The molecular formula is C14H21N3O2. The lowest BCUT2D eigenvalue weighted by molar-refractivity contribution is 0.0399. The summed E-state index contributed by atoms with van der Waals surface area (Å²) in [6.45, 7) is 3.12. The van der Waals surface area contributed by atoms with Gasteiger partial charge in [-0.1, -0.05) is 13.0 Å². The Morgan fingerprint density at radius 3 is 2.68 bits per heavy atom. The first-order valence-corrected chi connectivity index (χ1v) is 6.39. The fourth-order valence-corrected chi connectivity index (χ4v) is 2.20. The zero-order valence-corrected chi connectivity index (χ0v) is 11.5. The van der Waals surface area contributed by atoms with Crippen molar-refractivity contribution in [2.75, 3.05) is 26.8 Å². The van der Waals surface area contributed by atoms with Crippen molar-refractivity contribution in [3.8, 4) is 0 Å². The maximum absolute atomic E-state index is 9.31. The van der Waals surface area contributed by atoms with Crippen LogP contribution in [0.1, 0.15) is 12.6 Å². The molecule has 0 saturated carbocycles. The lowest BCUT2D eigenvalue weighted by atomic mass is 9.92. The van der Waals surface area contributed by atoms with Crippen molar-refractivity contribution < 1.29 is 10.2 Å². The maximum atomic E-state index is 9.31. The van der Waals surface area contributed by atoms with Crippen LogP contribution in [0.15, 0.2) is 30.6 Å². The van der Waals surface area contributed by atoms with E-state index < -0.39 is 5.41 Å². The van der Waals surface area contributed by atoms with E-state index in [1.807, 2.05) is 49.0 Å². The molecule has 0 aromatic carbocycles. The summed E-state index contributed by atoms with van der Waals surface area (Å²) in [6, 6.07) is 5.90. The van der Waals surface area contributed by atoms with Crippen LogP contribution in [0.3, 0.4) is 0 Å². The second-order valence-electron chi connectivity index (χ2n) is 5.50. The predicted molar refractivity (Wildman–Crippen MR) is 73.8 cm³/mol. The Morgan fingerprint density at radius 2 is 2.05 bits per heavy atom. The average Bonchev–Trinajstić information content (AvgIpc) is 2.80. The zero-order valence-electron chi connectivity index (χ0n) is 11.5. The monoisotopic (exact) mass is 263 g/mol. The van der Waals surface area contributed by atoms with Crippen molar-refractivity contribution in [2.24, 2.45) is 5.41 Å². The van der Waals surface area contributed by atoms with Crippen LogP contribution in [0.4, 0.5) is 0 Å².